The van der Waals surface area contributed by atoms with Crippen LogP contribution in [0, 0.1) is 5.41 Å². The first-order valence-electron chi connectivity index (χ1n) is 5.30. The van der Waals surface area contributed by atoms with Gasteiger partial charge in [-0.05, 0) is 12.1 Å². The summed E-state index contributed by atoms with van der Waals surface area (Å²) in [6.07, 6.45) is 1.08. The molecule has 0 heterocycles. The number of carbonyl (C=O) groups excluding carboxylic acids is 1. The molecule has 0 radical (unpaired) electrons. The normalized spacial score (nSPS) is 11.8. The Morgan fingerprint density at radius 1 is 1.35 bits per heavy atom. The summed E-state index contributed by atoms with van der Waals surface area (Å²) < 4.78 is 0. The van der Waals surface area contributed by atoms with Crippen molar-refractivity contribution in [2.45, 2.75) is 20.8 Å². The third-order valence-corrected chi connectivity index (χ3v) is 2.27. The van der Waals surface area contributed by atoms with E-state index >= 15 is 0 Å². The first-order chi connectivity index (χ1) is 7.88. The summed E-state index contributed by atoms with van der Waals surface area (Å²) in [4.78, 5) is 12.2. The minimum absolute atomic E-state index is 0.00997. The van der Waals surface area contributed by atoms with Gasteiger partial charge in [-0.3, -0.25) is 4.79 Å². The van der Waals surface area contributed by atoms with Crippen LogP contribution in [0.3, 0.4) is 0 Å². The number of nitrogens with two attached hydrogens (primary N) is 2. The maximum absolute atomic E-state index is 12.2. The van der Waals surface area contributed by atoms with E-state index in [1.807, 2.05) is 20.8 Å². The molecule has 0 atom stereocenters. The van der Waals surface area contributed by atoms with Crippen molar-refractivity contribution in [3.8, 4) is 0 Å². The van der Waals surface area contributed by atoms with E-state index in [1.54, 1.807) is 24.3 Å². The first kappa shape index (κ1) is 13.2. The van der Waals surface area contributed by atoms with Gasteiger partial charge in [-0.2, -0.15) is 5.12 Å². The summed E-state index contributed by atoms with van der Waals surface area (Å²) in [6.45, 7) is 5.58. The van der Waals surface area contributed by atoms with Crippen molar-refractivity contribution in [2.75, 3.05) is 5.12 Å². The van der Waals surface area contributed by atoms with Gasteiger partial charge in [0.15, 0.2) is 5.78 Å². The molecule has 5 nitrogen and oxygen atoms in total. The number of para-hydroxylation sites is 1. The lowest BCUT2D eigenvalue weighted by Gasteiger charge is -2.21. The molecule has 5 heteroatoms. The molecule has 0 fully saturated rings. The number of anilines is 1. The van der Waals surface area contributed by atoms with Crippen LogP contribution in [0.1, 0.15) is 31.1 Å². The maximum atomic E-state index is 12.2. The topological polar surface area (TPSA) is 84.7 Å². The van der Waals surface area contributed by atoms with Crippen molar-refractivity contribution in [1.29, 1.82) is 0 Å². The maximum Gasteiger partial charge on any atom is 0.170 e. The predicted molar refractivity (Wildman–Crippen MR) is 69.6 cm³/mol. The minimum atomic E-state index is -0.469. The SMILES string of the molecule is CC(C)(C)C(=O)c1ccccc1N(N)/N=C\N. The number of rotatable bonds is 3. The molecule has 0 unspecified atom stereocenters. The number of hydrogen-bond donors (Lipinski definition) is 2. The number of Topliss-reactive ketones (excluding diaryl/α,β-unsaturated/α-hetero) is 1. The molecule has 1 aromatic carbocycles. The number of hydrazine groups is 1. The molecule has 92 valence electrons. The Bertz CT molecular complexity index is 434. The molecule has 0 aliphatic carbocycles. The van der Waals surface area contributed by atoms with Crippen LogP contribution in [0.2, 0.25) is 0 Å². The van der Waals surface area contributed by atoms with Crippen LogP contribution in [0.5, 0.6) is 0 Å². The van der Waals surface area contributed by atoms with E-state index in [4.69, 9.17) is 11.6 Å². The number of benzene rings is 1. The molecule has 4 N–H and O–H groups in total. The molecular weight excluding hydrogens is 216 g/mol. The van der Waals surface area contributed by atoms with Gasteiger partial charge in [-0.15, -0.1) is 5.10 Å². The van der Waals surface area contributed by atoms with E-state index in [0.29, 0.717) is 11.3 Å². The summed E-state index contributed by atoms with van der Waals surface area (Å²) in [6, 6.07) is 7.05. The van der Waals surface area contributed by atoms with Gasteiger partial charge >= 0.3 is 0 Å². The summed E-state index contributed by atoms with van der Waals surface area (Å²) in [5.74, 6) is 5.70. The molecule has 1 rings (SSSR count). The number of carbonyl (C=O) groups is 1. The molecule has 0 amide bonds. The second-order valence-corrected chi connectivity index (χ2v) is 4.71. The van der Waals surface area contributed by atoms with Gasteiger partial charge in [0.05, 0.1) is 5.69 Å². The number of hydrogen-bond acceptors (Lipinski definition) is 4. The van der Waals surface area contributed by atoms with E-state index in [0.717, 1.165) is 11.5 Å². The zero-order valence-corrected chi connectivity index (χ0v) is 10.3. The minimum Gasteiger partial charge on any atom is -0.388 e. The summed E-state index contributed by atoms with van der Waals surface area (Å²) in [7, 11) is 0. The van der Waals surface area contributed by atoms with E-state index < -0.39 is 5.41 Å². The van der Waals surface area contributed by atoms with Gasteiger partial charge < -0.3 is 5.73 Å². The molecule has 0 bridgehead atoms. The van der Waals surface area contributed by atoms with Crippen LogP contribution in [0.25, 0.3) is 0 Å². The standard InChI is InChI=1S/C12H18N4O/c1-12(2,3)11(17)9-6-4-5-7-10(9)16(14)15-8-13/h4-8H,14H2,1-3H3,(H2,13,15). The third kappa shape index (κ3) is 3.04. The van der Waals surface area contributed by atoms with Gasteiger partial charge in [0.25, 0.3) is 0 Å². The van der Waals surface area contributed by atoms with Gasteiger partial charge in [-0.25, -0.2) is 5.84 Å². The van der Waals surface area contributed by atoms with Gasteiger partial charge in [0, 0.05) is 11.0 Å². The zero-order valence-electron chi connectivity index (χ0n) is 10.3. The van der Waals surface area contributed by atoms with Crippen LogP contribution in [0.4, 0.5) is 5.69 Å². The lowest BCUT2D eigenvalue weighted by atomic mass is 9.86. The van der Waals surface area contributed by atoms with Gasteiger partial charge in [-0.1, -0.05) is 32.9 Å². The highest BCUT2D eigenvalue weighted by molar-refractivity contribution is 6.04. The average molecular weight is 234 g/mol. The Kier molecular flexibility index (Phi) is 3.85. The second-order valence-electron chi connectivity index (χ2n) is 4.71. The predicted octanol–water partition coefficient (Wildman–Crippen LogP) is 1.50. The smallest absolute Gasteiger partial charge is 0.170 e. The molecule has 17 heavy (non-hydrogen) atoms. The summed E-state index contributed by atoms with van der Waals surface area (Å²) >= 11 is 0. The van der Waals surface area contributed by atoms with E-state index in [-0.39, 0.29) is 5.78 Å². The second kappa shape index (κ2) is 4.97. The lowest BCUT2D eigenvalue weighted by Crippen LogP contribution is -2.29. The van der Waals surface area contributed by atoms with E-state index in [9.17, 15) is 4.79 Å². The highest BCUT2D eigenvalue weighted by Crippen LogP contribution is 2.27. The summed E-state index contributed by atoms with van der Waals surface area (Å²) in [5, 5.41) is 4.83. The highest BCUT2D eigenvalue weighted by Gasteiger charge is 2.25. The van der Waals surface area contributed by atoms with Crippen LogP contribution in [-0.2, 0) is 0 Å². The average Bonchev–Trinajstić information content (AvgIpc) is 2.27. The monoisotopic (exact) mass is 234 g/mol. The van der Waals surface area contributed by atoms with Crippen molar-refractivity contribution in [2.24, 2.45) is 22.1 Å². The largest absolute Gasteiger partial charge is 0.388 e. The molecule has 0 saturated heterocycles. The fourth-order valence-corrected chi connectivity index (χ4v) is 1.40. The molecule has 0 aliphatic rings. The Labute approximate surface area is 101 Å². The van der Waals surface area contributed by atoms with Crippen molar-refractivity contribution >= 4 is 17.8 Å². The van der Waals surface area contributed by atoms with Crippen molar-refractivity contribution in [3.05, 3.63) is 29.8 Å². The Morgan fingerprint density at radius 2 is 1.94 bits per heavy atom. The Hall–Kier alpha value is -1.88. The van der Waals surface area contributed by atoms with Gasteiger partial charge in [0.1, 0.15) is 6.34 Å². The number of ketones is 1. The lowest BCUT2D eigenvalue weighted by molar-refractivity contribution is 0.0859. The quantitative estimate of drug-likeness (QED) is 0.273. The summed E-state index contributed by atoms with van der Waals surface area (Å²) in [5.41, 5.74) is 5.78. The molecular formula is C12H18N4O. The van der Waals surface area contributed by atoms with Crippen molar-refractivity contribution in [3.63, 3.8) is 0 Å². The van der Waals surface area contributed by atoms with Crippen LogP contribution < -0.4 is 16.7 Å². The third-order valence-electron chi connectivity index (χ3n) is 2.27. The fraction of sp³-hybridized carbons (Fsp3) is 0.333. The van der Waals surface area contributed by atoms with Crippen molar-refractivity contribution < 1.29 is 4.79 Å². The molecule has 0 spiro atoms. The van der Waals surface area contributed by atoms with Crippen LogP contribution in [-0.4, -0.2) is 12.1 Å². The van der Waals surface area contributed by atoms with Gasteiger partial charge in [0.2, 0.25) is 0 Å². The molecule has 0 aromatic heterocycles. The van der Waals surface area contributed by atoms with E-state index in [1.165, 1.54) is 0 Å². The van der Waals surface area contributed by atoms with Crippen molar-refractivity contribution in [1.82, 2.24) is 0 Å². The number of hydrazone groups is 1. The Balaban J connectivity index is 3.21. The fourth-order valence-electron chi connectivity index (χ4n) is 1.40. The van der Waals surface area contributed by atoms with E-state index in [2.05, 4.69) is 5.10 Å². The highest BCUT2D eigenvalue weighted by atomic mass is 16.1. The molecule has 0 saturated carbocycles. The van der Waals surface area contributed by atoms with Crippen LogP contribution in [0.15, 0.2) is 29.4 Å². The van der Waals surface area contributed by atoms with Crippen LogP contribution >= 0.6 is 0 Å². The Morgan fingerprint density at radius 3 is 2.47 bits per heavy atom. The number of nitrogens with zero attached hydrogens (tertiary/aromatic N) is 2. The molecule has 0 aliphatic heterocycles. The first-order valence-corrected chi connectivity index (χ1v) is 5.30. The zero-order chi connectivity index (χ0) is 13.1. The molecule has 1 aromatic rings.